The number of rotatable bonds is 7. The molecule has 142 valence electrons. The molecule has 0 saturated carbocycles. The molecule has 0 saturated heterocycles. The van der Waals surface area contributed by atoms with Crippen LogP contribution in [-0.4, -0.2) is 22.5 Å². The summed E-state index contributed by atoms with van der Waals surface area (Å²) in [7, 11) is 0. The Labute approximate surface area is 170 Å². The van der Waals surface area contributed by atoms with E-state index in [2.05, 4.69) is 20.6 Å². The third kappa shape index (κ3) is 4.47. The lowest BCUT2D eigenvalue weighted by molar-refractivity contribution is -0.115. The number of fused-ring (bicyclic) bond motifs is 1. The molecule has 0 spiro atoms. The van der Waals surface area contributed by atoms with E-state index in [-0.39, 0.29) is 12.3 Å². The summed E-state index contributed by atoms with van der Waals surface area (Å²) < 4.78 is 6.48. The molecule has 0 radical (unpaired) electrons. The number of carbonyl (C=O) groups is 1. The van der Waals surface area contributed by atoms with Gasteiger partial charge in [-0.25, -0.2) is 9.97 Å². The second-order valence-electron chi connectivity index (χ2n) is 5.94. The van der Waals surface area contributed by atoms with E-state index in [1.807, 2.05) is 60.8 Å². The molecule has 8 heteroatoms. The summed E-state index contributed by atoms with van der Waals surface area (Å²) in [6, 6.07) is 15.5. The zero-order valence-electron chi connectivity index (χ0n) is 15.1. The number of ether oxygens (including phenoxy) is 1. The van der Waals surface area contributed by atoms with Gasteiger partial charge in [0.2, 0.25) is 5.91 Å². The maximum Gasteiger partial charge on any atom is 0.232 e. The van der Waals surface area contributed by atoms with E-state index in [1.54, 1.807) is 0 Å². The molecular formula is C20H18N4O2S2. The van der Waals surface area contributed by atoms with Crippen molar-refractivity contribution in [3.63, 3.8) is 0 Å². The number of aromatic nitrogens is 2. The Kier molecular flexibility index (Phi) is 5.50. The first-order valence-electron chi connectivity index (χ1n) is 8.79. The van der Waals surface area contributed by atoms with Gasteiger partial charge in [-0.15, -0.1) is 11.3 Å². The summed E-state index contributed by atoms with van der Waals surface area (Å²) >= 11 is 2.90. The van der Waals surface area contributed by atoms with Crippen LogP contribution in [0.25, 0.3) is 10.2 Å². The normalized spacial score (nSPS) is 10.8. The zero-order chi connectivity index (χ0) is 19.3. The highest BCUT2D eigenvalue weighted by molar-refractivity contribution is 7.22. The van der Waals surface area contributed by atoms with Crippen LogP contribution in [-0.2, 0) is 11.2 Å². The van der Waals surface area contributed by atoms with Crippen LogP contribution in [0.15, 0.2) is 53.9 Å². The van der Waals surface area contributed by atoms with E-state index in [4.69, 9.17) is 4.74 Å². The lowest BCUT2D eigenvalue weighted by Gasteiger charge is -2.01. The Bertz CT molecular complexity index is 1090. The largest absolute Gasteiger partial charge is 0.494 e. The molecule has 0 atom stereocenters. The average molecular weight is 411 g/mol. The SMILES string of the molecule is CCOc1ccc2nc(NC(=O)Cc3csc(Nc4ccccc4)n3)sc2c1. The molecule has 2 aromatic heterocycles. The van der Waals surface area contributed by atoms with Gasteiger partial charge >= 0.3 is 0 Å². The first-order chi connectivity index (χ1) is 13.7. The number of nitrogens with zero attached hydrogens (tertiary/aromatic N) is 2. The van der Waals surface area contributed by atoms with Gasteiger partial charge in [0.15, 0.2) is 10.3 Å². The van der Waals surface area contributed by atoms with Crippen molar-refractivity contribution in [3.05, 3.63) is 59.6 Å². The maximum atomic E-state index is 12.4. The van der Waals surface area contributed by atoms with Gasteiger partial charge in [-0.2, -0.15) is 0 Å². The van der Waals surface area contributed by atoms with Crippen molar-refractivity contribution in [2.45, 2.75) is 13.3 Å². The third-order valence-corrected chi connectivity index (χ3v) is 5.58. The van der Waals surface area contributed by atoms with Crippen LogP contribution in [0.5, 0.6) is 5.75 Å². The molecule has 2 aromatic carbocycles. The Morgan fingerprint density at radius 2 is 1.96 bits per heavy atom. The molecule has 0 unspecified atom stereocenters. The topological polar surface area (TPSA) is 76.1 Å². The highest BCUT2D eigenvalue weighted by Crippen LogP contribution is 2.29. The molecule has 0 aliphatic carbocycles. The molecule has 2 heterocycles. The van der Waals surface area contributed by atoms with Crippen LogP contribution in [0.4, 0.5) is 16.0 Å². The van der Waals surface area contributed by atoms with Crippen molar-refractivity contribution < 1.29 is 9.53 Å². The van der Waals surface area contributed by atoms with Crippen molar-refractivity contribution in [1.29, 1.82) is 0 Å². The van der Waals surface area contributed by atoms with E-state index >= 15 is 0 Å². The van der Waals surface area contributed by atoms with Crippen molar-refractivity contribution in [3.8, 4) is 5.75 Å². The molecule has 28 heavy (non-hydrogen) atoms. The van der Waals surface area contributed by atoms with E-state index in [1.165, 1.54) is 22.7 Å². The average Bonchev–Trinajstić information content (AvgIpc) is 3.28. The van der Waals surface area contributed by atoms with Gasteiger partial charge in [0.25, 0.3) is 0 Å². The quantitative estimate of drug-likeness (QED) is 0.444. The summed E-state index contributed by atoms with van der Waals surface area (Å²) in [6.45, 7) is 2.56. The molecule has 0 bridgehead atoms. The summed E-state index contributed by atoms with van der Waals surface area (Å²) in [6.07, 6.45) is 0.201. The molecule has 2 N–H and O–H groups in total. The fourth-order valence-electron chi connectivity index (χ4n) is 2.63. The molecule has 0 fully saturated rings. The minimum Gasteiger partial charge on any atom is -0.494 e. The molecule has 0 aliphatic rings. The van der Waals surface area contributed by atoms with Crippen molar-refractivity contribution >= 4 is 54.7 Å². The number of hydrogen-bond acceptors (Lipinski definition) is 7. The van der Waals surface area contributed by atoms with Crippen LogP contribution >= 0.6 is 22.7 Å². The second kappa shape index (κ2) is 8.37. The number of anilines is 3. The molecule has 0 aliphatic heterocycles. The summed E-state index contributed by atoms with van der Waals surface area (Å²) in [5.74, 6) is 0.665. The molecule has 4 aromatic rings. The maximum absolute atomic E-state index is 12.4. The lowest BCUT2D eigenvalue weighted by Crippen LogP contribution is -2.14. The van der Waals surface area contributed by atoms with E-state index in [0.717, 1.165) is 32.5 Å². The monoisotopic (exact) mass is 410 g/mol. The first kappa shape index (κ1) is 18.4. The zero-order valence-corrected chi connectivity index (χ0v) is 16.8. The number of amides is 1. The molecule has 6 nitrogen and oxygen atoms in total. The predicted octanol–water partition coefficient (Wildman–Crippen LogP) is 5.08. The number of nitrogens with one attached hydrogen (secondary N) is 2. The standard InChI is InChI=1S/C20H18N4O2S2/c1-2-26-15-8-9-16-17(11-15)28-20(23-16)24-18(25)10-14-12-27-19(22-14)21-13-6-4-3-5-7-13/h3-9,11-12H,2,10H2,1H3,(H,21,22)(H,23,24,25). The van der Waals surface area contributed by atoms with Crippen molar-refractivity contribution in [2.24, 2.45) is 0 Å². The van der Waals surface area contributed by atoms with Gasteiger partial charge in [-0.1, -0.05) is 29.5 Å². The van der Waals surface area contributed by atoms with Gasteiger partial charge in [0, 0.05) is 11.1 Å². The second-order valence-corrected chi connectivity index (χ2v) is 7.83. The Hall–Kier alpha value is -2.97. The fraction of sp³-hybridized carbons (Fsp3) is 0.150. The van der Waals surface area contributed by atoms with Gasteiger partial charge in [-0.3, -0.25) is 4.79 Å². The van der Waals surface area contributed by atoms with Crippen LogP contribution in [0.1, 0.15) is 12.6 Å². The number of benzene rings is 2. The van der Waals surface area contributed by atoms with Crippen LogP contribution in [0, 0.1) is 0 Å². The van der Waals surface area contributed by atoms with Gasteiger partial charge < -0.3 is 15.4 Å². The van der Waals surface area contributed by atoms with Gasteiger partial charge in [-0.05, 0) is 37.3 Å². The number of carbonyl (C=O) groups excluding carboxylic acids is 1. The summed E-state index contributed by atoms with van der Waals surface area (Å²) in [4.78, 5) is 21.3. The minimum atomic E-state index is -0.138. The van der Waals surface area contributed by atoms with Crippen LogP contribution < -0.4 is 15.4 Å². The van der Waals surface area contributed by atoms with Crippen molar-refractivity contribution in [2.75, 3.05) is 17.2 Å². The Balaban J connectivity index is 1.38. The van der Waals surface area contributed by atoms with E-state index < -0.39 is 0 Å². The summed E-state index contributed by atoms with van der Waals surface area (Å²) in [5.41, 5.74) is 2.53. The third-order valence-electron chi connectivity index (χ3n) is 3.84. The molecule has 4 rings (SSSR count). The number of thiazole rings is 2. The van der Waals surface area contributed by atoms with Crippen LogP contribution in [0.3, 0.4) is 0 Å². The highest BCUT2D eigenvalue weighted by atomic mass is 32.1. The number of hydrogen-bond donors (Lipinski definition) is 2. The van der Waals surface area contributed by atoms with Gasteiger partial charge in [0.1, 0.15) is 5.75 Å². The van der Waals surface area contributed by atoms with Gasteiger partial charge in [0.05, 0.1) is 28.9 Å². The minimum absolute atomic E-state index is 0.138. The number of para-hydroxylation sites is 1. The lowest BCUT2D eigenvalue weighted by atomic mass is 10.3. The fourth-order valence-corrected chi connectivity index (χ4v) is 4.27. The summed E-state index contributed by atoms with van der Waals surface area (Å²) in [5, 5.41) is 9.32. The van der Waals surface area contributed by atoms with Crippen LogP contribution in [0.2, 0.25) is 0 Å². The Morgan fingerprint density at radius 1 is 1.11 bits per heavy atom. The molecular weight excluding hydrogens is 392 g/mol. The molecule has 1 amide bonds. The first-order valence-corrected chi connectivity index (χ1v) is 10.5. The predicted molar refractivity (Wildman–Crippen MR) is 115 cm³/mol. The van der Waals surface area contributed by atoms with E-state index in [0.29, 0.717) is 11.7 Å². The van der Waals surface area contributed by atoms with Crippen molar-refractivity contribution in [1.82, 2.24) is 9.97 Å². The smallest absolute Gasteiger partial charge is 0.232 e. The Morgan fingerprint density at radius 3 is 2.79 bits per heavy atom. The highest BCUT2D eigenvalue weighted by Gasteiger charge is 2.12. The van der Waals surface area contributed by atoms with E-state index in [9.17, 15) is 4.79 Å².